The number of methoxy groups -OCH3 is 1. The third kappa shape index (κ3) is 4.99. The molecule has 0 amide bonds. The summed E-state index contributed by atoms with van der Waals surface area (Å²) in [5.41, 5.74) is -4.45. The fourth-order valence-electron chi connectivity index (χ4n) is 3.25. The third-order valence-electron chi connectivity index (χ3n) is 5.02. The highest BCUT2D eigenvalue weighted by molar-refractivity contribution is 5.83. The number of hydrogen-bond acceptors (Lipinski definition) is 8. The molecule has 35 heavy (non-hydrogen) atoms. The van der Waals surface area contributed by atoms with Crippen LogP contribution in [-0.2, 0) is 19.9 Å². The number of hydrogen-bond donors (Lipinski definition) is 3. The van der Waals surface area contributed by atoms with Crippen LogP contribution in [-0.4, -0.2) is 40.9 Å². The van der Waals surface area contributed by atoms with E-state index < -0.39 is 41.1 Å². The van der Waals surface area contributed by atoms with Gasteiger partial charge in [0.15, 0.2) is 17.8 Å². The van der Waals surface area contributed by atoms with Crippen LogP contribution in [0.15, 0.2) is 66.7 Å². The molecule has 8 nitrogen and oxygen atoms in total. The number of alkyl halides is 3. The van der Waals surface area contributed by atoms with E-state index in [-0.39, 0.29) is 22.6 Å². The molecule has 3 N–H and O–H groups in total. The monoisotopic (exact) mass is 492 g/mol. The van der Waals surface area contributed by atoms with Gasteiger partial charge in [0.25, 0.3) is 11.9 Å². The molecular weight excluding hydrogens is 473 g/mol. The van der Waals surface area contributed by atoms with E-state index in [0.717, 1.165) is 36.4 Å². The molecule has 0 radical (unpaired) electrons. The van der Waals surface area contributed by atoms with Crippen LogP contribution >= 0.6 is 0 Å². The number of phenols is 3. The summed E-state index contributed by atoms with van der Waals surface area (Å²) in [6, 6.07) is 12.4. The average molecular weight is 492 g/mol. The first kappa shape index (κ1) is 25.4. The molecule has 0 bridgehead atoms. The molecule has 0 aliphatic carbocycles. The second kappa shape index (κ2) is 9.94. The van der Waals surface area contributed by atoms with Gasteiger partial charge in [0, 0.05) is 24.3 Å². The van der Waals surface area contributed by atoms with Crippen molar-refractivity contribution in [3.8, 4) is 23.0 Å². The maximum Gasteiger partial charge on any atom is 0.432 e. The molecule has 0 aromatic heterocycles. The van der Waals surface area contributed by atoms with Crippen LogP contribution in [0.4, 0.5) is 13.2 Å². The van der Waals surface area contributed by atoms with Crippen molar-refractivity contribution in [2.24, 2.45) is 0 Å². The van der Waals surface area contributed by atoms with Crippen LogP contribution in [0, 0.1) is 0 Å². The highest BCUT2D eigenvalue weighted by Gasteiger charge is 2.64. The van der Waals surface area contributed by atoms with Crippen molar-refractivity contribution in [3.63, 3.8) is 0 Å². The second-order valence-corrected chi connectivity index (χ2v) is 7.19. The molecule has 3 aromatic rings. The highest BCUT2D eigenvalue weighted by atomic mass is 19.4. The number of rotatable bonds is 8. The van der Waals surface area contributed by atoms with Crippen LogP contribution in [0.3, 0.4) is 0 Å². The Bertz CT molecular complexity index is 1210. The van der Waals surface area contributed by atoms with E-state index in [9.17, 15) is 38.1 Å². The number of aldehydes is 1. The largest absolute Gasteiger partial charge is 0.508 e. The summed E-state index contributed by atoms with van der Waals surface area (Å²) in [5, 5.41) is 29.2. The number of ether oxygens (including phenoxy) is 3. The lowest BCUT2D eigenvalue weighted by atomic mass is 9.92. The van der Waals surface area contributed by atoms with Gasteiger partial charge >= 0.3 is 12.1 Å². The lowest BCUT2D eigenvalue weighted by Crippen LogP contribution is -2.52. The molecule has 3 aromatic carbocycles. The molecule has 11 heteroatoms. The number of aromatic hydroxyl groups is 3. The van der Waals surface area contributed by atoms with E-state index in [1.165, 1.54) is 30.3 Å². The summed E-state index contributed by atoms with van der Waals surface area (Å²) < 4.78 is 58.1. The van der Waals surface area contributed by atoms with Gasteiger partial charge in [-0.05, 0) is 30.3 Å². The molecule has 0 saturated heterocycles. The van der Waals surface area contributed by atoms with Gasteiger partial charge in [-0.2, -0.15) is 13.2 Å². The molecule has 0 heterocycles. The quantitative estimate of drug-likeness (QED) is 0.184. The molecule has 0 spiro atoms. The first-order chi connectivity index (χ1) is 16.5. The number of halogens is 3. The van der Waals surface area contributed by atoms with Crippen LogP contribution in [0.1, 0.15) is 27.8 Å². The Morgan fingerprint density at radius 2 is 1.63 bits per heavy atom. The topological polar surface area (TPSA) is 123 Å². The van der Waals surface area contributed by atoms with Gasteiger partial charge in [0.2, 0.25) is 0 Å². The van der Waals surface area contributed by atoms with Gasteiger partial charge in [0.05, 0.1) is 5.56 Å². The maximum atomic E-state index is 14.3. The third-order valence-corrected chi connectivity index (χ3v) is 5.02. The van der Waals surface area contributed by atoms with Crippen molar-refractivity contribution in [1.29, 1.82) is 0 Å². The van der Waals surface area contributed by atoms with Gasteiger partial charge in [-0.15, -0.1) is 0 Å². The maximum absolute atomic E-state index is 14.3. The molecule has 0 unspecified atom stereocenters. The number of carbonyl (C=O) groups excluding carboxylic acids is 2. The highest BCUT2D eigenvalue weighted by Crippen LogP contribution is 2.44. The average Bonchev–Trinajstić information content (AvgIpc) is 2.81. The minimum absolute atomic E-state index is 0.122. The molecular formula is C24H19F3O8. The van der Waals surface area contributed by atoms with Crippen LogP contribution in [0.25, 0.3) is 0 Å². The molecule has 184 valence electrons. The fraction of sp³-hybridized carbons (Fsp3) is 0.167. The molecule has 0 aliphatic heterocycles. The van der Waals surface area contributed by atoms with Crippen molar-refractivity contribution in [3.05, 3.63) is 83.4 Å². The van der Waals surface area contributed by atoms with Gasteiger partial charge in [-0.1, -0.05) is 30.3 Å². The molecule has 3 rings (SSSR count). The number of phenolic OH excluding ortho intramolecular Hbond substituents is 3. The Kier molecular flexibility index (Phi) is 7.20. The first-order valence-electron chi connectivity index (χ1n) is 9.88. The van der Waals surface area contributed by atoms with Crippen molar-refractivity contribution < 1.29 is 52.3 Å². The summed E-state index contributed by atoms with van der Waals surface area (Å²) >= 11 is 0. The lowest BCUT2D eigenvalue weighted by Gasteiger charge is -2.33. The van der Waals surface area contributed by atoms with Gasteiger partial charge in [0.1, 0.15) is 11.5 Å². The van der Waals surface area contributed by atoms with Crippen molar-refractivity contribution in [2.45, 2.75) is 18.1 Å². The summed E-state index contributed by atoms with van der Waals surface area (Å²) in [4.78, 5) is 24.5. The van der Waals surface area contributed by atoms with Crippen LogP contribution in [0.5, 0.6) is 23.0 Å². The molecule has 0 saturated carbocycles. The minimum Gasteiger partial charge on any atom is -0.508 e. The SMILES string of the molecule is CO[C@@](C(=O)O[C@@H](Oc1cc(O)ccc1C=O)c1ccc(O)c(O)c1)(c1ccccc1)C(F)(F)F. The summed E-state index contributed by atoms with van der Waals surface area (Å²) in [5.74, 6) is -3.84. The molecule has 2 atom stereocenters. The van der Waals surface area contributed by atoms with Crippen molar-refractivity contribution in [2.75, 3.05) is 7.11 Å². The van der Waals surface area contributed by atoms with Gasteiger partial charge in [-0.25, -0.2) is 4.79 Å². The van der Waals surface area contributed by atoms with Crippen molar-refractivity contribution in [1.82, 2.24) is 0 Å². The Morgan fingerprint density at radius 3 is 2.20 bits per heavy atom. The Hall–Kier alpha value is -4.25. The van der Waals surface area contributed by atoms with Crippen LogP contribution < -0.4 is 4.74 Å². The minimum atomic E-state index is -5.28. The zero-order valence-corrected chi connectivity index (χ0v) is 18.0. The first-order valence-corrected chi connectivity index (χ1v) is 9.88. The van der Waals surface area contributed by atoms with E-state index in [1.54, 1.807) is 0 Å². The van der Waals surface area contributed by atoms with E-state index in [2.05, 4.69) is 0 Å². The van der Waals surface area contributed by atoms with E-state index in [1.807, 2.05) is 0 Å². The van der Waals surface area contributed by atoms with Crippen LogP contribution in [0.2, 0.25) is 0 Å². The molecule has 0 fully saturated rings. The number of benzene rings is 3. The Balaban J connectivity index is 2.11. The number of esters is 1. The zero-order chi connectivity index (χ0) is 25.8. The summed E-state index contributed by atoms with van der Waals surface area (Å²) in [7, 11) is 0.684. The van der Waals surface area contributed by atoms with E-state index in [4.69, 9.17) is 14.2 Å². The van der Waals surface area contributed by atoms with E-state index in [0.29, 0.717) is 13.4 Å². The predicted molar refractivity (Wildman–Crippen MR) is 114 cm³/mol. The normalized spacial score (nSPS) is 13.9. The van der Waals surface area contributed by atoms with Crippen molar-refractivity contribution >= 4 is 12.3 Å². The zero-order valence-electron chi connectivity index (χ0n) is 18.0. The summed E-state index contributed by atoms with van der Waals surface area (Å²) in [6.07, 6.45) is -6.91. The Morgan fingerprint density at radius 1 is 0.943 bits per heavy atom. The van der Waals surface area contributed by atoms with E-state index >= 15 is 0 Å². The predicted octanol–water partition coefficient (Wildman–Crippen LogP) is 4.34. The van der Waals surface area contributed by atoms with Gasteiger partial charge in [-0.3, -0.25) is 4.79 Å². The standard InChI is InChI=1S/C24H19F3O8/c1-33-23(24(25,26)27,16-5-3-2-4-6-16)22(32)35-21(14-8-10-18(30)19(31)11-14)34-20-12-17(29)9-7-15(20)13-28/h2-13,21,29-31H,1H3/t21-,23-/m1/s1. The number of carbonyl (C=O) groups is 2. The smallest absolute Gasteiger partial charge is 0.432 e. The second-order valence-electron chi connectivity index (χ2n) is 7.19. The van der Waals surface area contributed by atoms with Gasteiger partial charge < -0.3 is 29.5 Å². The molecule has 0 aliphatic rings. The summed E-state index contributed by atoms with van der Waals surface area (Å²) in [6.45, 7) is 0. The Labute approximate surface area is 196 Å². The lowest BCUT2D eigenvalue weighted by molar-refractivity contribution is -0.282. The fourth-order valence-corrected chi connectivity index (χ4v) is 3.25.